The Morgan fingerprint density at radius 1 is 1.36 bits per heavy atom. The fraction of sp³-hybridized carbons (Fsp3) is 1.00. The zero-order valence-corrected chi connectivity index (χ0v) is 9.22. The Bertz CT molecular complexity index is 83.0. The molecule has 0 amide bonds. The van der Waals surface area contributed by atoms with Crippen LogP contribution in [0.5, 0.6) is 0 Å². The van der Waals surface area contributed by atoms with Crippen molar-refractivity contribution in [1.82, 2.24) is 5.32 Å². The summed E-state index contributed by atoms with van der Waals surface area (Å²) in [5, 5.41) is 3.25. The van der Waals surface area contributed by atoms with Gasteiger partial charge in [0, 0.05) is 20.4 Å². The molecule has 0 aliphatic heterocycles. The Morgan fingerprint density at radius 3 is 2.45 bits per heavy atom. The molecule has 68 valence electrons. The minimum Gasteiger partial charge on any atom is -0.399 e. The second kappa shape index (κ2) is 8.54. The van der Waals surface area contributed by atoms with Crippen molar-refractivity contribution < 1.29 is 8.85 Å². The molecule has 1 N–H and O–H groups in total. The van der Waals surface area contributed by atoms with Crippen molar-refractivity contribution >= 4 is 21.9 Å². The molecule has 0 heterocycles. The van der Waals surface area contributed by atoms with Gasteiger partial charge < -0.3 is 14.2 Å². The van der Waals surface area contributed by atoms with Gasteiger partial charge in [0.25, 0.3) is 0 Å². The molecule has 11 heavy (non-hydrogen) atoms. The first-order chi connectivity index (χ1) is 5.35. The maximum atomic E-state index is 5.11. The van der Waals surface area contributed by atoms with Crippen LogP contribution in [0.3, 0.4) is 0 Å². The van der Waals surface area contributed by atoms with Crippen molar-refractivity contribution in [1.29, 1.82) is 0 Å². The van der Waals surface area contributed by atoms with Crippen molar-refractivity contribution in [2.24, 2.45) is 0 Å². The molecule has 0 aliphatic carbocycles. The van der Waals surface area contributed by atoms with E-state index >= 15 is 0 Å². The van der Waals surface area contributed by atoms with E-state index in [1.54, 1.807) is 14.2 Å². The summed E-state index contributed by atoms with van der Waals surface area (Å²) in [6, 6.07) is 0. The van der Waals surface area contributed by atoms with Crippen molar-refractivity contribution in [2.45, 2.75) is 6.42 Å². The van der Waals surface area contributed by atoms with Gasteiger partial charge in [-0.1, -0.05) is 0 Å². The van der Waals surface area contributed by atoms with Crippen LogP contribution in [0.1, 0.15) is 6.42 Å². The van der Waals surface area contributed by atoms with Gasteiger partial charge in [0.2, 0.25) is 0 Å². The number of thiol groups is 1. The van der Waals surface area contributed by atoms with E-state index in [1.165, 1.54) is 0 Å². The number of nitrogens with one attached hydrogen (secondary N) is 1. The molecule has 0 rings (SSSR count). The normalized spacial score (nSPS) is 10.9. The second-order valence-corrected chi connectivity index (χ2v) is 4.84. The molecule has 5 heteroatoms. The lowest BCUT2D eigenvalue weighted by Crippen LogP contribution is -2.34. The SMILES string of the molecule is CO[SiH](CNCCCS)OC. The van der Waals surface area contributed by atoms with Crippen LogP contribution < -0.4 is 5.32 Å². The highest BCUT2D eigenvalue weighted by atomic mass is 32.1. The third-order valence-electron chi connectivity index (χ3n) is 1.35. The van der Waals surface area contributed by atoms with E-state index in [2.05, 4.69) is 17.9 Å². The number of rotatable bonds is 7. The highest BCUT2D eigenvalue weighted by Gasteiger charge is 2.06. The number of hydrogen-bond acceptors (Lipinski definition) is 4. The molecule has 0 saturated carbocycles. The predicted octanol–water partition coefficient (Wildman–Crippen LogP) is -0.0516. The summed E-state index contributed by atoms with van der Waals surface area (Å²) in [6.07, 6.45) is 1.97. The summed E-state index contributed by atoms with van der Waals surface area (Å²) in [4.78, 5) is 0. The Kier molecular flexibility index (Phi) is 8.89. The fourth-order valence-corrected chi connectivity index (χ4v) is 1.81. The van der Waals surface area contributed by atoms with Gasteiger partial charge in [-0.15, -0.1) is 0 Å². The van der Waals surface area contributed by atoms with Crippen LogP contribution in [0.25, 0.3) is 0 Å². The average molecular weight is 195 g/mol. The lowest BCUT2D eigenvalue weighted by Gasteiger charge is -2.10. The van der Waals surface area contributed by atoms with E-state index in [9.17, 15) is 0 Å². The topological polar surface area (TPSA) is 30.5 Å². The predicted molar refractivity (Wildman–Crippen MR) is 52.5 cm³/mol. The molecule has 0 saturated heterocycles. The van der Waals surface area contributed by atoms with Crippen LogP contribution in [0.15, 0.2) is 0 Å². The van der Waals surface area contributed by atoms with E-state index < -0.39 is 9.28 Å². The van der Waals surface area contributed by atoms with E-state index in [-0.39, 0.29) is 0 Å². The Balaban J connectivity index is 3.07. The summed E-state index contributed by atoms with van der Waals surface area (Å²) < 4.78 is 10.2. The van der Waals surface area contributed by atoms with Gasteiger partial charge in [-0.3, -0.25) is 0 Å². The quantitative estimate of drug-likeness (QED) is 0.339. The van der Waals surface area contributed by atoms with Gasteiger partial charge in [-0.2, -0.15) is 12.6 Å². The Morgan fingerprint density at radius 2 is 2.00 bits per heavy atom. The smallest absolute Gasteiger partial charge is 0.335 e. The molecule has 0 bridgehead atoms. The first kappa shape index (κ1) is 11.4. The highest BCUT2D eigenvalue weighted by molar-refractivity contribution is 7.80. The molecule has 3 nitrogen and oxygen atoms in total. The van der Waals surface area contributed by atoms with Crippen molar-refractivity contribution in [2.75, 3.05) is 32.7 Å². The first-order valence-electron chi connectivity index (χ1n) is 3.72. The fourth-order valence-electron chi connectivity index (χ4n) is 0.687. The van der Waals surface area contributed by atoms with E-state index in [1.807, 2.05) is 0 Å². The summed E-state index contributed by atoms with van der Waals surface area (Å²) in [5.74, 6) is 0.930. The minimum atomic E-state index is -1.37. The highest BCUT2D eigenvalue weighted by Crippen LogP contribution is 1.83. The van der Waals surface area contributed by atoms with E-state index in [0.29, 0.717) is 0 Å². The first-order valence-corrected chi connectivity index (χ1v) is 6.11. The van der Waals surface area contributed by atoms with Gasteiger partial charge in [-0.05, 0) is 18.7 Å². The van der Waals surface area contributed by atoms with Crippen LogP contribution >= 0.6 is 12.6 Å². The largest absolute Gasteiger partial charge is 0.399 e. The average Bonchev–Trinajstić information content (AvgIpc) is 2.05. The monoisotopic (exact) mass is 195 g/mol. The summed E-state index contributed by atoms with van der Waals surface area (Å²) >= 11 is 4.10. The lowest BCUT2D eigenvalue weighted by atomic mass is 10.5. The number of hydrogen-bond donors (Lipinski definition) is 2. The van der Waals surface area contributed by atoms with Gasteiger partial charge in [0.15, 0.2) is 0 Å². The molecule has 0 aromatic carbocycles. The van der Waals surface area contributed by atoms with Gasteiger partial charge in [-0.25, -0.2) is 0 Å². The van der Waals surface area contributed by atoms with E-state index in [4.69, 9.17) is 8.85 Å². The van der Waals surface area contributed by atoms with Crippen LogP contribution in [0.2, 0.25) is 0 Å². The van der Waals surface area contributed by atoms with Crippen LogP contribution in [0.4, 0.5) is 0 Å². The molecule has 0 aromatic rings. The maximum absolute atomic E-state index is 5.11. The van der Waals surface area contributed by atoms with Crippen LogP contribution in [0, 0.1) is 0 Å². The molecule has 0 aromatic heterocycles. The van der Waals surface area contributed by atoms with Gasteiger partial charge in [0.05, 0.1) is 0 Å². The lowest BCUT2D eigenvalue weighted by molar-refractivity contribution is 0.275. The van der Waals surface area contributed by atoms with E-state index in [0.717, 1.165) is 24.9 Å². The summed E-state index contributed by atoms with van der Waals surface area (Å²) in [5.41, 5.74) is 0. The Hall–Kier alpha value is 0.447. The molecule has 0 fully saturated rings. The second-order valence-electron chi connectivity index (χ2n) is 2.18. The van der Waals surface area contributed by atoms with Crippen molar-refractivity contribution in [3.8, 4) is 0 Å². The summed E-state index contributed by atoms with van der Waals surface area (Å²) in [7, 11) is 2.02. The molecule has 0 atom stereocenters. The third-order valence-corrected chi connectivity index (χ3v) is 3.34. The maximum Gasteiger partial charge on any atom is 0.335 e. The molecular formula is C6H17NO2SSi. The molecule has 0 spiro atoms. The molecule has 0 radical (unpaired) electrons. The molecule has 0 aliphatic rings. The van der Waals surface area contributed by atoms with Gasteiger partial charge >= 0.3 is 9.28 Å². The van der Waals surface area contributed by atoms with Crippen LogP contribution in [-0.4, -0.2) is 42.0 Å². The minimum absolute atomic E-state index is 0.876. The Labute approximate surface area is 75.7 Å². The van der Waals surface area contributed by atoms with Crippen molar-refractivity contribution in [3.63, 3.8) is 0 Å². The van der Waals surface area contributed by atoms with Crippen molar-refractivity contribution in [3.05, 3.63) is 0 Å². The standard InChI is InChI=1S/C6H17NO2SSi/c1-8-11(9-2)6-7-4-3-5-10/h7,10-11H,3-6H2,1-2H3. The molecular weight excluding hydrogens is 178 g/mol. The third kappa shape index (κ3) is 6.83. The van der Waals surface area contributed by atoms with Gasteiger partial charge in [0.1, 0.15) is 0 Å². The summed E-state index contributed by atoms with van der Waals surface area (Å²) in [6.45, 7) is 1.000. The van der Waals surface area contributed by atoms with Crippen LogP contribution in [-0.2, 0) is 8.85 Å². The zero-order chi connectivity index (χ0) is 8.53. The zero-order valence-electron chi connectivity index (χ0n) is 7.17. The molecule has 0 unspecified atom stereocenters.